The molecule has 0 fully saturated rings. The molecule has 2 nitrogen and oxygen atoms in total. The van der Waals surface area contributed by atoms with Crippen LogP contribution in [0.15, 0.2) is 12.2 Å². The first-order chi connectivity index (χ1) is 3.81. The van der Waals surface area contributed by atoms with Crippen molar-refractivity contribution in [2.24, 2.45) is 0 Å². The molecule has 0 spiro atoms. The first kappa shape index (κ1) is 7.21. The first-order valence-corrected chi connectivity index (χ1v) is 2.35. The minimum Gasteiger partial charge on any atom is -0.469 e. The quantitative estimate of drug-likeness (QED) is 0.498. The molecule has 0 unspecified atom stereocenters. The first-order valence-electron chi connectivity index (χ1n) is 2.35. The highest BCUT2D eigenvalue weighted by Crippen LogP contribution is 1.82. The summed E-state index contributed by atoms with van der Waals surface area (Å²) >= 11 is 0. The second-order valence-electron chi connectivity index (χ2n) is 1.22. The van der Waals surface area contributed by atoms with Gasteiger partial charge in [-0.1, -0.05) is 12.2 Å². The summed E-state index contributed by atoms with van der Waals surface area (Å²) in [5, 5.41) is 0. The van der Waals surface area contributed by atoms with Gasteiger partial charge in [0, 0.05) is 0 Å². The monoisotopic (exact) mass is 113 g/mol. The van der Waals surface area contributed by atoms with E-state index in [9.17, 15) is 4.79 Å². The summed E-state index contributed by atoms with van der Waals surface area (Å²) in [5.41, 5.74) is 0. The highest BCUT2D eigenvalue weighted by atomic mass is 16.5. The Labute approximate surface area is 49.1 Å². The molecule has 1 radical (unpaired) electrons. The SMILES string of the molecule is C/C=C/[CH]C(=O)OC. The molecule has 0 atom stereocenters. The molecule has 0 saturated heterocycles. The van der Waals surface area contributed by atoms with Gasteiger partial charge in [0.25, 0.3) is 0 Å². The highest BCUT2D eigenvalue weighted by Gasteiger charge is 1.92. The molecule has 0 saturated carbocycles. The summed E-state index contributed by atoms with van der Waals surface area (Å²) in [7, 11) is 1.35. The van der Waals surface area contributed by atoms with Crippen LogP contribution in [0, 0.1) is 6.42 Å². The Morgan fingerprint density at radius 1 is 1.62 bits per heavy atom. The number of carbonyl (C=O) groups is 1. The Kier molecular flexibility index (Phi) is 3.94. The van der Waals surface area contributed by atoms with Gasteiger partial charge in [-0.05, 0) is 6.92 Å². The molecule has 0 aromatic rings. The van der Waals surface area contributed by atoms with E-state index in [1.54, 1.807) is 12.2 Å². The zero-order valence-corrected chi connectivity index (χ0v) is 5.05. The molecule has 0 aliphatic carbocycles. The average molecular weight is 113 g/mol. The molecule has 0 heterocycles. The van der Waals surface area contributed by atoms with E-state index >= 15 is 0 Å². The largest absolute Gasteiger partial charge is 0.469 e. The minimum absolute atomic E-state index is 0.317. The topological polar surface area (TPSA) is 26.3 Å². The van der Waals surface area contributed by atoms with E-state index in [-0.39, 0.29) is 5.97 Å². The second-order valence-corrected chi connectivity index (χ2v) is 1.22. The molecular weight excluding hydrogens is 104 g/mol. The molecule has 45 valence electrons. The molecule has 0 aliphatic heterocycles. The third-order valence-corrected chi connectivity index (χ3v) is 0.626. The molecule has 0 aliphatic rings. The highest BCUT2D eigenvalue weighted by molar-refractivity contribution is 5.81. The Bertz CT molecular complexity index is 94.7. The molecule has 0 N–H and O–H groups in total. The van der Waals surface area contributed by atoms with E-state index in [2.05, 4.69) is 4.74 Å². The predicted octanol–water partition coefficient (Wildman–Crippen LogP) is 0.940. The van der Waals surface area contributed by atoms with Crippen LogP contribution in [-0.4, -0.2) is 13.1 Å². The van der Waals surface area contributed by atoms with Crippen LogP contribution in [-0.2, 0) is 9.53 Å². The Hall–Kier alpha value is -0.790. The molecule has 0 aromatic carbocycles. The summed E-state index contributed by atoms with van der Waals surface area (Å²) in [4.78, 5) is 10.2. The maximum Gasteiger partial charge on any atom is 0.313 e. The number of ether oxygens (including phenoxy) is 1. The third-order valence-electron chi connectivity index (χ3n) is 0.626. The maximum atomic E-state index is 10.2. The second kappa shape index (κ2) is 4.37. The molecule has 2 heteroatoms. The molecule has 0 aromatic heterocycles. The normalized spacial score (nSPS) is 9.75. The number of esters is 1. The lowest BCUT2D eigenvalue weighted by molar-refractivity contribution is -0.136. The summed E-state index contributed by atoms with van der Waals surface area (Å²) < 4.78 is 4.31. The van der Waals surface area contributed by atoms with Crippen molar-refractivity contribution in [1.29, 1.82) is 0 Å². The molecule has 0 rings (SSSR count). The number of hydrogen-bond acceptors (Lipinski definition) is 2. The molecule has 0 bridgehead atoms. The van der Waals surface area contributed by atoms with Crippen molar-refractivity contribution in [1.82, 2.24) is 0 Å². The summed E-state index contributed by atoms with van der Waals surface area (Å²) in [6.45, 7) is 1.83. The number of allylic oxidation sites excluding steroid dienone is 1. The van der Waals surface area contributed by atoms with Gasteiger partial charge in [0.2, 0.25) is 0 Å². The lowest BCUT2D eigenvalue weighted by atomic mass is 10.4. The maximum absolute atomic E-state index is 10.2. The predicted molar refractivity (Wildman–Crippen MR) is 31.1 cm³/mol. The van der Waals surface area contributed by atoms with Crippen molar-refractivity contribution in [3.63, 3.8) is 0 Å². The van der Waals surface area contributed by atoms with E-state index in [0.29, 0.717) is 0 Å². The van der Waals surface area contributed by atoms with Gasteiger partial charge in [-0.3, -0.25) is 4.79 Å². The Morgan fingerprint density at radius 2 is 2.25 bits per heavy atom. The van der Waals surface area contributed by atoms with E-state index < -0.39 is 0 Å². The van der Waals surface area contributed by atoms with Crippen molar-refractivity contribution in [2.45, 2.75) is 6.92 Å². The van der Waals surface area contributed by atoms with Gasteiger partial charge in [-0.25, -0.2) is 0 Å². The minimum atomic E-state index is -0.317. The fraction of sp³-hybridized carbons (Fsp3) is 0.333. The smallest absolute Gasteiger partial charge is 0.313 e. The van der Waals surface area contributed by atoms with Crippen molar-refractivity contribution < 1.29 is 9.53 Å². The summed E-state index contributed by atoms with van der Waals surface area (Å²) in [6.07, 6.45) is 4.75. The van der Waals surface area contributed by atoms with Crippen LogP contribution in [0.3, 0.4) is 0 Å². The van der Waals surface area contributed by atoms with Gasteiger partial charge in [-0.2, -0.15) is 0 Å². The average Bonchev–Trinajstić information content (AvgIpc) is 1.83. The van der Waals surface area contributed by atoms with Crippen LogP contribution in [0.1, 0.15) is 6.92 Å². The van der Waals surface area contributed by atoms with Crippen molar-refractivity contribution >= 4 is 5.97 Å². The third kappa shape index (κ3) is 3.40. The van der Waals surface area contributed by atoms with E-state index in [4.69, 9.17) is 0 Å². The summed E-state index contributed by atoms with van der Waals surface area (Å²) in [6, 6.07) is 0. The van der Waals surface area contributed by atoms with Gasteiger partial charge in [0.15, 0.2) is 0 Å². The number of hydrogen-bond donors (Lipinski definition) is 0. The number of methoxy groups -OCH3 is 1. The lowest BCUT2D eigenvalue weighted by Crippen LogP contribution is -1.97. The van der Waals surface area contributed by atoms with Crippen LogP contribution in [0.5, 0.6) is 0 Å². The lowest BCUT2D eigenvalue weighted by Gasteiger charge is -1.88. The number of rotatable bonds is 2. The van der Waals surface area contributed by atoms with Crippen LogP contribution in [0.2, 0.25) is 0 Å². The number of carbonyl (C=O) groups excluding carboxylic acids is 1. The van der Waals surface area contributed by atoms with Crippen LogP contribution in [0.4, 0.5) is 0 Å². The van der Waals surface area contributed by atoms with Gasteiger partial charge in [0.05, 0.1) is 13.5 Å². The molecule has 8 heavy (non-hydrogen) atoms. The van der Waals surface area contributed by atoms with Crippen LogP contribution in [0.25, 0.3) is 0 Å². The van der Waals surface area contributed by atoms with Crippen molar-refractivity contribution in [2.75, 3.05) is 7.11 Å². The van der Waals surface area contributed by atoms with Crippen molar-refractivity contribution in [3.05, 3.63) is 18.6 Å². The molecule has 0 amide bonds. The van der Waals surface area contributed by atoms with Gasteiger partial charge < -0.3 is 4.74 Å². The van der Waals surface area contributed by atoms with Gasteiger partial charge >= 0.3 is 5.97 Å². The zero-order chi connectivity index (χ0) is 6.41. The zero-order valence-electron chi connectivity index (χ0n) is 5.05. The Morgan fingerprint density at radius 3 is 2.62 bits per heavy atom. The fourth-order valence-corrected chi connectivity index (χ4v) is 0.243. The Balaban J connectivity index is 3.25. The van der Waals surface area contributed by atoms with E-state index in [1.165, 1.54) is 13.5 Å². The van der Waals surface area contributed by atoms with Gasteiger partial charge in [-0.15, -0.1) is 0 Å². The van der Waals surface area contributed by atoms with E-state index in [1.807, 2.05) is 6.92 Å². The van der Waals surface area contributed by atoms with Crippen LogP contribution < -0.4 is 0 Å². The van der Waals surface area contributed by atoms with Crippen molar-refractivity contribution in [3.8, 4) is 0 Å². The summed E-state index contributed by atoms with van der Waals surface area (Å²) in [5.74, 6) is -0.317. The standard InChI is InChI=1S/C6H9O2/c1-3-4-5-6(7)8-2/h3-5H,1-2H3/b4-3+. The van der Waals surface area contributed by atoms with E-state index in [0.717, 1.165) is 0 Å². The fourth-order valence-electron chi connectivity index (χ4n) is 0.243. The molecular formula is C6H9O2. The van der Waals surface area contributed by atoms with Crippen LogP contribution >= 0.6 is 0 Å². The van der Waals surface area contributed by atoms with Gasteiger partial charge in [0.1, 0.15) is 0 Å².